The van der Waals surface area contributed by atoms with Crippen molar-refractivity contribution >= 4 is 39.1 Å². The van der Waals surface area contributed by atoms with Crippen LogP contribution in [0.15, 0.2) is 54.9 Å². The molecule has 0 bridgehead atoms. The van der Waals surface area contributed by atoms with Crippen molar-refractivity contribution in [1.29, 1.82) is 0 Å². The molecule has 3 N–H and O–H groups in total. The molecule has 0 saturated carbocycles. The molecule has 0 aliphatic carbocycles. The quantitative estimate of drug-likeness (QED) is 0.249. The number of benzene rings is 1. The summed E-state index contributed by atoms with van der Waals surface area (Å²) in [6, 6.07) is 12.1. The van der Waals surface area contributed by atoms with Gasteiger partial charge in [0.15, 0.2) is 12.4 Å². The Bertz CT molecular complexity index is 1980. The van der Waals surface area contributed by atoms with E-state index in [1.807, 2.05) is 37.3 Å². The van der Waals surface area contributed by atoms with Gasteiger partial charge in [0.2, 0.25) is 5.82 Å². The Balaban J connectivity index is 1.34. The highest BCUT2D eigenvalue weighted by Crippen LogP contribution is 2.43. The van der Waals surface area contributed by atoms with E-state index in [4.69, 9.17) is 5.73 Å². The Kier molecular flexibility index (Phi) is 7.19. The number of nitrogens with two attached hydrogens (primary N) is 1. The molecule has 5 heterocycles. The predicted molar refractivity (Wildman–Crippen MR) is 154 cm³/mol. The van der Waals surface area contributed by atoms with Gasteiger partial charge in [0.1, 0.15) is 15.4 Å². The predicted octanol–water partition coefficient (Wildman–Crippen LogP) is 4.13. The van der Waals surface area contributed by atoms with Crippen LogP contribution in [0.3, 0.4) is 0 Å². The van der Waals surface area contributed by atoms with E-state index < -0.39 is 23.9 Å². The van der Waals surface area contributed by atoms with Gasteiger partial charge in [0.25, 0.3) is 18.2 Å². The third-order valence-corrected chi connectivity index (χ3v) is 7.66. The van der Waals surface area contributed by atoms with Crippen LogP contribution in [0.4, 0.5) is 14.5 Å². The van der Waals surface area contributed by atoms with Crippen molar-refractivity contribution in [3.63, 3.8) is 0 Å². The van der Waals surface area contributed by atoms with Crippen LogP contribution in [0.1, 0.15) is 44.9 Å². The molecular weight excluding hydrogens is 580 g/mol. The van der Waals surface area contributed by atoms with Gasteiger partial charge in [-0.2, -0.15) is 10.2 Å². The van der Waals surface area contributed by atoms with Gasteiger partial charge in [-0.3, -0.25) is 14.3 Å². The Morgan fingerprint density at radius 2 is 1.86 bits per heavy atom. The minimum absolute atomic E-state index is 0.0202. The maximum absolute atomic E-state index is 13.8. The topological polar surface area (TPSA) is 164 Å². The van der Waals surface area contributed by atoms with Gasteiger partial charge in [0.05, 0.1) is 11.4 Å². The number of aryl methyl sites for hydroxylation is 2. The van der Waals surface area contributed by atoms with E-state index in [1.54, 1.807) is 24.0 Å². The van der Waals surface area contributed by atoms with Crippen LogP contribution in [0.2, 0.25) is 0 Å². The molecule has 16 heteroatoms. The summed E-state index contributed by atoms with van der Waals surface area (Å²) in [5, 5.41) is 24.2. The van der Waals surface area contributed by atoms with E-state index in [1.165, 1.54) is 21.6 Å². The number of hydrogen-bond donors (Lipinski definition) is 2. The highest BCUT2D eigenvalue weighted by atomic mass is 32.1. The highest BCUT2D eigenvalue weighted by Gasteiger charge is 2.27. The van der Waals surface area contributed by atoms with Crippen LogP contribution in [0.25, 0.3) is 32.7 Å². The number of carbonyl (C=O) groups is 2. The Labute approximate surface area is 245 Å². The number of halogens is 2. The summed E-state index contributed by atoms with van der Waals surface area (Å²) in [6.45, 7) is 4.27. The molecule has 6 rings (SSSR count). The van der Waals surface area contributed by atoms with Crippen LogP contribution in [-0.2, 0) is 13.2 Å². The summed E-state index contributed by atoms with van der Waals surface area (Å²) in [6.07, 6.45) is 0.412. The first-order valence-electron chi connectivity index (χ1n) is 13.0. The normalized spacial score (nSPS) is 11.5. The van der Waals surface area contributed by atoms with Crippen LogP contribution < -0.4 is 11.1 Å². The molecule has 0 aliphatic rings. The average molecular weight is 604 g/mol. The number of primary amides is 1. The average Bonchev–Trinajstić information content (AvgIpc) is 3.80. The standard InChI is InChI=1S/C27H23F2N11O2S/c1-3-38-12-17(14(2)34-38)16-11-19(23(28)29)31-27-20(16)21(22(43-27)24(30)41)32-26(42)18-9-10-39(35-18)13-40-36-25(33-37-40)15-7-5-4-6-8-15/h4-12,23H,3,13H2,1-2H3,(H2,30,41)(H,32,42). The summed E-state index contributed by atoms with van der Waals surface area (Å²) in [5.41, 5.74) is 7.53. The Morgan fingerprint density at radius 1 is 1.07 bits per heavy atom. The molecule has 0 saturated heterocycles. The highest BCUT2D eigenvalue weighted by molar-refractivity contribution is 7.21. The van der Waals surface area contributed by atoms with E-state index in [0.29, 0.717) is 34.6 Å². The zero-order chi connectivity index (χ0) is 30.2. The molecule has 6 aromatic rings. The van der Waals surface area contributed by atoms with E-state index in [-0.39, 0.29) is 27.8 Å². The first kappa shape index (κ1) is 27.8. The van der Waals surface area contributed by atoms with Gasteiger partial charge in [-0.1, -0.05) is 30.3 Å². The smallest absolute Gasteiger partial charge is 0.280 e. The number of pyridine rings is 1. The Hall–Kier alpha value is -5.38. The number of amides is 2. The van der Waals surface area contributed by atoms with Crippen LogP contribution in [0, 0.1) is 6.92 Å². The summed E-state index contributed by atoms with van der Waals surface area (Å²) in [5.74, 6) is -1.06. The van der Waals surface area contributed by atoms with Crippen molar-refractivity contribution in [2.24, 2.45) is 5.73 Å². The van der Waals surface area contributed by atoms with E-state index in [0.717, 1.165) is 16.9 Å². The summed E-state index contributed by atoms with van der Waals surface area (Å²) in [4.78, 5) is 31.3. The first-order valence-corrected chi connectivity index (χ1v) is 13.8. The third-order valence-electron chi connectivity index (χ3n) is 6.56. The lowest BCUT2D eigenvalue weighted by atomic mass is 10.0. The Morgan fingerprint density at radius 3 is 2.56 bits per heavy atom. The number of thiophene rings is 1. The second-order valence-electron chi connectivity index (χ2n) is 9.42. The number of aromatic nitrogens is 9. The van der Waals surface area contributed by atoms with Crippen molar-refractivity contribution < 1.29 is 18.4 Å². The lowest BCUT2D eigenvalue weighted by Crippen LogP contribution is -2.18. The number of hydrogen-bond acceptors (Lipinski definition) is 9. The molecule has 43 heavy (non-hydrogen) atoms. The van der Waals surface area contributed by atoms with Gasteiger partial charge < -0.3 is 11.1 Å². The van der Waals surface area contributed by atoms with Crippen molar-refractivity contribution in [2.75, 3.05) is 5.32 Å². The number of nitrogens with one attached hydrogen (secondary N) is 1. The van der Waals surface area contributed by atoms with Crippen molar-refractivity contribution in [2.45, 2.75) is 33.5 Å². The molecule has 0 unspecified atom stereocenters. The monoisotopic (exact) mass is 603 g/mol. The number of fused-ring (bicyclic) bond motifs is 1. The lowest BCUT2D eigenvalue weighted by molar-refractivity contribution is 0.100. The zero-order valence-corrected chi connectivity index (χ0v) is 23.6. The molecule has 1 aromatic carbocycles. The van der Waals surface area contributed by atoms with Gasteiger partial charge in [0, 0.05) is 35.5 Å². The number of alkyl halides is 2. The second-order valence-corrected chi connectivity index (χ2v) is 10.4. The SMILES string of the molecule is CCn1cc(-c2cc(C(F)F)nc3sc(C(N)=O)c(NC(=O)c4ccn(Cn5nnc(-c6ccccc6)n5)n4)c23)c(C)n1. The fourth-order valence-electron chi connectivity index (χ4n) is 4.55. The largest absolute Gasteiger partial charge is 0.365 e. The molecule has 0 fully saturated rings. The molecule has 0 spiro atoms. The molecule has 13 nitrogen and oxygen atoms in total. The fraction of sp³-hybridized carbons (Fsp3) is 0.185. The van der Waals surface area contributed by atoms with Crippen molar-refractivity contribution in [1.82, 2.24) is 44.8 Å². The molecule has 2 amide bonds. The minimum Gasteiger partial charge on any atom is -0.365 e. The summed E-state index contributed by atoms with van der Waals surface area (Å²) >= 11 is 0.822. The number of anilines is 1. The summed E-state index contributed by atoms with van der Waals surface area (Å²) < 4.78 is 30.8. The molecule has 218 valence electrons. The van der Waals surface area contributed by atoms with Gasteiger partial charge in [-0.05, 0) is 36.8 Å². The van der Waals surface area contributed by atoms with E-state index >= 15 is 0 Å². The lowest BCUT2D eigenvalue weighted by Gasteiger charge is -2.10. The van der Waals surface area contributed by atoms with Crippen LogP contribution in [-0.4, -0.2) is 56.6 Å². The number of rotatable bonds is 9. The maximum Gasteiger partial charge on any atom is 0.280 e. The summed E-state index contributed by atoms with van der Waals surface area (Å²) in [7, 11) is 0. The molecule has 0 radical (unpaired) electrons. The second kappa shape index (κ2) is 11.1. The molecular formula is C27H23F2N11O2S. The maximum atomic E-state index is 13.8. The van der Waals surface area contributed by atoms with Gasteiger partial charge in [-0.25, -0.2) is 18.4 Å². The molecule has 0 atom stereocenters. The van der Waals surface area contributed by atoms with Crippen molar-refractivity contribution in [3.8, 4) is 22.5 Å². The fourth-order valence-corrected chi connectivity index (χ4v) is 5.57. The third kappa shape index (κ3) is 5.34. The first-order chi connectivity index (χ1) is 20.7. The van der Waals surface area contributed by atoms with E-state index in [2.05, 4.69) is 35.9 Å². The van der Waals surface area contributed by atoms with E-state index in [9.17, 15) is 18.4 Å². The number of nitrogens with zero attached hydrogens (tertiary/aromatic N) is 9. The zero-order valence-electron chi connectivity index (χ0n) is 22.8. The number of carbonyl (C=O) groups excluding carboxylic acids is 2. The minimum atomic E-state index is -2.87. The molecule has 5 aromatic heterocycles. The van der Waals surface area contributed by atoms with Crippen LogP contribution in [0.5, 0.6) is 0 Å². The molecule has 0 aliphatic heterocycles. The number of tetrazole rings is 1. The van der Waals surface area contributed by atoms with Crippen molar-refractivity contribution in [3.05, 3.63) is 76.8 Å². The van der Waals surface area contributed by atoms with Gasteiger partial charge in [-0.15, -0.1) is 26.3 Å². The van der Waals surface area contributed by atoms with Gasteiger partial charge >= 0.3 is 0 Å². The van der Waals surface area contributed by atoms with Crippen LogP contribution >= 0.6 is 11.3 Å².